The van der Waals surface area contributed by atoms with Crippen molar-refractivity contribution in [2.75, 3.05) is 26.2 Å². The molecule has 2 rings (SSSR count). The first-order valence-electron chi connectivity index (χ1n) is 8.39. The van der Waals surface area contributed by atoms with Crippen molar-refractivity contribution in [1.29, 1.82) is 0 Å². The van der Waals surface area contributed by atoms with Gasteiger partial charge in [-0.3, -0.25) is 10.2 Å². The summed E-state index contributed by atoms with van der Waals surface area (Å²) in [5.41, 5.74) is -0.419. The highest BCUT2D eigenvalue weighted by Crippen LogP contribution is 2.20. The van der Waals surface area contributed by atoms with Crippen LogP contribution in [0.1, 0.15) is 52.9 Å². The van der Waals surface area contributed by atoms with Crippen molar-refractivity contribution >= 4 is 6.09 Å². The van der Waals surface area contributed by atoms with Crippen LogP contribution in [0.2, 0.25) is 0 Å². The first kappa shape index (κ1) is 16.6. The number of carbonyl (C=O) groups excluding carboxylic acids is 1. The van der Waals surface area contributed by atoms with E-state index in [1.165, 1.54) is 19.3 Å². The Morgan fingerprint density at radius 1 is 1.24 bits per heavy atom. The second-order valence-corrected chi connectivity index (χ2v) is 7.29. The molecule has 5 nitrogen and oxygen atoms in total. The fourth-order valence-corrected chi connectivity index (χ4v) is 3.12. The molecular formula is C16H31N3O2. The summed E-state index contributed by atoms with van der Waals surface area (Å²) in [6.07, 6.45) is 5.82. The molecule has 0 spiro atoms. The monoisotopic (exact) mass is 297 g/mol. The van der Waals surface area contributed by atoms with Crippen LogP contribution in [-0.2, 0) is 4.74 Å². The summed E-state index contributed by atoms with van der Waals surface area (Å²) in [6.45, 7) is 9.83. The summed E-state index contributed by atoms with van der Waals surface area (Å²) in [4.78, 5) is 14.1. The number of amides is 1. The van der Waals surface area contributed by atoms with Gasteiger partial charge in [-0.05, 0) is 78.4 Å². The van der Waals surface area contributed by atoms with Gasteiger partial charge in [0.15, 0.2) is 0 Å². The van der Waals surface area contributed by atoms with Gasteiger partial charge >= 0.3 is 6.09 Å². The molecule has 0 aliphatic carbocycles. The Labute approximate surface area is 128 Å². The van der Waals surface area contributed by atoms with Crippen molar-refractivity contribution in [1.82, 2.24) is 15.5 Å². The van der Waals surface area contributed by atoms with Gasteiger partial charge in [-0.1, -0.05) is 0 Å². The molecule has 2 fully saturated rings. The largest absolute Gasteiger partial charge is 0.444 e. The van der Waals surface area contributed by atoms with E-state index in [1.807, 2.05) is 25.7 Å². The minimum absolute atomic E-state index is 0.149. The molecule has 1 amide bonds. The normalized spacial score (nSPS) is 27.5. The topological polar surface area (TPSA) is 53.6 Å². The Morgan fingerprint density at radius 2 is 2.05 bits per heavy atom. The van der Waals surface area contributed by atoms with E-state index in [0.717, 1.165) is 44.9 Å². The van der Waals surface area contributed by atoms with Crippen molar-refractivity contribution in [3.63, 3.8) is 0 Å². The standard InChI is InChI=1S/C16H31N3O2/c1-16(2,3)21-15(20)19-11-5-7-14(19)18-12-13-6-4-9-17-10-8-13/h13-14,17-18H,4-12H2,1-3H3. The molecule has 0 aromatic rings. The molecule has 2 aliphatic heterocycles. The van der Waals surface area contributed by atoms with Gasteiger partial charge in [-0.2, -0.15) is 0 Å². The van der Waals surface area contributed by atoms with E-state index in [0.29, 0.717) is 0 Å². The summed E-state index contributed by atoms with van der Waals surface area (Å²) < 4.78 is 5.50. The van der Waals surface area contributed by atoms with Crippen molar-refractivity contribution in [2.24, 2.45) is 5.92 Å². The first-order chi connectivity index (χ1) is 9.96. The van der Waals surface area contributed by atoms with Gasteiger partial charge in [0, 0.05) is 6.54 Å². The molecule has 0 saturated carbocycles. The maximum absolute atomic E-state index is 12.2. The second kappa shape index (κ2) is 7.45. The summed E-state index contributed by atoms with van der Waals surface area (Å²) >= 11 is 0. The van der Waals surface area contributed by atoms with Gasteiger partial charge in [-0.25, -0.2) is 4.79 Å². The number of ether oxygens (including phenoxy) is 1. The SMILES string of the molecule is CC(C)(C)OC(=O)N1CCCC1NCC1CCCNCC1. The molecule has 2 saturated heterocycles. The van der Waals surface area contributed by atoms with Gasteiger partial charge < -0.3 is 10.1 Å². The molecule has 2 atom stereocenters. The highest BCUT2D eigenvalue weighted by molar-refractivity contribution is 5.68. The quantitative estimate of drug-likeness (QED) is 0.839. The van der Waals surface area contributed by atoms with Crippen molar-refractivity contribution in [3.8, 4) is 0 Å². The molecule has 122 valence electrons. The zero-order valence-electron chi connectivity index (χ0n) is 13.8. The maximum Gasteiger partial charge on any atom is 0.411 e. The molecule has 0 radical (unpaired) electrons. The highest BCUT2D eigenvalue weighted by atomic mass is 16.6. The van der Waals surface area contributed by atoms with Crippen LogP contribution in [0.3, 0.4) is 0 Å². The summed E-state index contributed by atoms with van der Waals surface area (Å²) in [6, 6.07) is 0. The second-order valence-electron chi connectivity index (χ2n) is 7.29. The Morgan fingerprint density at radius 3 is 2.81 bits per heavy atom. The zero-order chi connectivity index (χ0) is 15.3. The average Bonchev–Trinajstić information content (AvgIpc) is 2.70. The van der Waals surface area contributed by atoms with Gasteiger partial charge in [0.1, 0.15) is 5.60 Å². The van der Waals surface area contributed by atoms with Crippen LogP contribution in [0.15, 0.2) is 0 Å². The number of carbonyl (C=O) groups is 1. The third-order valence-corrected chi connectivity index (χ3v) is 4.22. The maximum atomic E-state index is 12.2. The summed E-state index contributed by atoms with van der Waals surface area (Å²) in [7, 11) is 0. The first-order valence-corrected chi connectivity index (χ1v) is 8.39. The number of likely N-dealkylation sites (tertiary alicyclic amines) is 1. The molecule has 2 heterocycles. The molecule has 2 unspecified atom stereocenters. The minimum atomic E-state index is -0.419. The van der Waals surface area contributed by atoms with E-state index < -0.39 is 5.60 Å². The third-order valence-electron chi connectivity index (χ3n) is 4.22. The van der Waals surface area contributed by atoms with Crippen LogP contribution >= 0.6 is 0 Å². The Kier molecular flexibility index (Phi) is 5.88. The van der Waals surface area contributed by atoms with E-state index in [-0.39, 0.29) is 12.3 Å². The van der Waals surface area contributed by atoms with Crippen LogP contribution in [0.25, 0.3) is 0 Å². The van der Waals surface area contributed by atoms with Gasteiger partial charge in [0.25, 0.3) is 0 Å². The van der Waals surface area contributed by atoms with Crippen LogP contribution in [0.5, 0.6) is 0 Å². The fraction of sp³-hybridized carbons (Fsp3) is 0.938. The van der Waals surface area contributed by atoms with Crippen LogP contribution in [0.4, 0.5) is 4.79 Å². The lowest BCUT2D eigenvalue weighted by molar-refractivity contribution is 0.0196. The lowest BCUT2D eigenvalue weighted by Gasteiger charge is -2.30. The number of rotatable bonds is 3. The predicted molar refractivity (Wildman–Crippen MR) is 84.2 cm³/mol. The molecule has 0 bridgehead atoms. The van der Waals surface area contributed by atoms with Gasteiger partial charge in [0.2, 0.25) is 0 Å². The number of nitrogens with one attached hydrogen (secondary N) is 2. The van der Waals surface area contributed by atoms with Crippen molar-refractivity contribution in [2.45, 2.75) is 64.6 Å². The number of hydrogen-bond donors (Lipinski definition) is 2. The molecular weight excluding hydrogens is 266 g/mol. The molecule has 5 heteroatoms. The van der Waals surface area contributed by atoms with Gasteiger partial charge in [-0.15, -0.1) is 0 Å². The van der Waals surface area contributed by atoms with Crippen molar-refractivity contribution < 1.29 is 9.53 Å². The molecule has 0 aromatic carbocycles. The van der Waals surface area contributed by atoms with Gasteiger partial charge in [0.05, 0.1) is 6.17 Å². The molecule has 2 aliphatic rings. The highest BCUT2D eigenvalue weighted by Gasteiger charge is 2.32. The molecule has 21 heavy (non-hydrogen) atoms. The smallest absolute Gasteiger partial charge is 0.411 e. The predicted octanol–water partition coefficient (Wildman–Crippen LogP) is 2.32. The van der Waals surface area contributed by atoms with E-state index in [1.54, 1.807) is 0 Å². The lowest BCUT2D eigenvalue weighted by atomic mass is 10.0. The fourth-order valence-electron chi connectivity index (χ4n) is 3.12. The van der Waals surface area contributed by atoms with Crippen LogP contribution in [0, 0.1) is 5.92 Å². The minimum Gasteiger partial charge on any atom is -0.444 e. The Hall–Kier alpha value is -0.810. The molecule has 0 aromatic heterocycles. The third kappa shape index (κ3) is 5.47. The van der Waals surface area contributed by atoms with E-state index in [2.05, 4.69) is 10.6 Å². The Bertz CT molecular complexity index is 333. The Balaban J connectivity index is 1.79. The summed E-state index contributed by atoms with van der Waals surface area (Å²) in [5, 5.41) is 7.04. The van der Waals surface area contributed by atoms with E-state index in [9.17, 15) is 4.79 Å². The zero-order valence-corrected chi connectivity index (χ0v) is 13.8. The molecule has 2 N–H and O–H groups in total. The van der Waals surface area contributed by atoms with Crippen molar-refractivity contribution in [3.05, 3.63) is 0 Å². The van der Waals surface area contributed by atoms with Crippen LogP contribution < -0.4 is 10.6 Å². The average molecular weight is 297 g/mol. The van der Waals surface area contributed by atoms with E-state index >= 15 is 0 Å². The van der Waals surface area contributed by atoms with Crippen LogP contribution in [-0.4, -0.2) is 48.9 Å². The number of hydrogen-bond acceptors (Lipinski definition) is 4. The lowest BCUT2D eigenvalue weighted by Crippen LogP contribution is -2.47. The number of nitrogens with zero attached hydrogens (tertiary/aromatic N) is 1. The van der Waals surface area contributed by atoms with E-state index in [4.69, 9.17) is 4.74 Å². The summed E-state index contributed by atoms with van der Waals surface area (Å²) in [5.74, 6) is 0.723.